The van der Waals surface area contributed by atoms with Gasteiger partial charge in [-0.1, -0.05) is 38.6 Å². The Kier molecular flexibility index (Phi) is 6.41. The predicted octanol–water partition coefficient (Wildman–Crippen LogP) is 5.34. The third-order valence-electron chi connectivity index (χ3n) is 6.45. The van der Waals surface area contributed by atoms with Crippen molar-refractivity contribution in [3.05, 3.63) is 73.1 Å². The molecule has 0 radical (unpaired) electrons. The average Bonchev–Trinajstić information content (AvgIpc) is 3.29. The number of nitrogens with two attached hydrogens (primary N) is 1. The molecule has 184 valence electrons. The van der Waals surface area contributed by atoms with Crippen LogP contribution in [0, 0.1) is 0 Å². The minimum atomic E-state index is -0.0672. The Morgan fingerprint density at radius 2 is 1.83 bits per heavy atom. The molecule has 2 N–H and O–H groups in total. The second kappa shape index (κ2) is 9.81. The molecule has 8 nitrogen and oxygen atoms in total. The number of piperidine rings is 1. The van der Waals surface area contributed by atoms with Crippen LogP contribution in [0.4, 0.5) is 5.82 Å². The highest BCUT2D eigenvalue weighted by Crippen LogP contribution is 2.36. The zero-order valence-electron chi connectivity index (χ0n) is 20.6. The highest BCUT2D eigenvalue weighted by atomic mass is 16.5. The fourth-order valence-corrected chi connectivity index (χ4v) is 4.59. The Labute approximate surface area is 210 Å². The molecule has 3 heterocycles. The van der Waals surface area contributed by atoms with E-state index in [1.165, 1.54) is 6.08 Å². The number of benzene rings is 2. The molecule has 0 bridgehead atoms. The van der Waals surface area contributed by atoms with Gasteiger partial charge in [-0.15, -0.1) is 0 Å². The normalized spacial score (nSPS) is 15.9. The predicted molar refractivity (Wildman–Crippen MR) is 141 cm³/mol. The molecule has 1 atom stereocenters. The van der Waals surface area contributed by atoms with E-state index in [9.17, 15) is 4.79 Å². The van der Waals surface area contributed by atoms with Crippen LogP contribution in [-0.4, -0.2) is 43.6 Å². The molecule has 4 aromatic rings. The first-order valence-corrected chi connectivity index (χ1v) is 12.2. The molecule has 5 rings (SSSR count). The molecule has 2 aromatic carbocycles. The minimum Gasteiger partial charge on any atom is -0.457 e. The SMILES string of the molecule is C=CC(=O)N1CCC[C@@H](n2nc(-c3ccc(Oc4ccccc4)cc3)c3c(N)nc(C(C)C)nc32)C1. The fourth-order valence-electron chi connectivity index (χ4n) is 4.59. The molecule has 0 unspecified atom stereocenters. The molecule has 1 amide bonds. The van der Waals surface area contributed by atoms with Crippen LogP contribution >= 0.6 is 0 Å². The maximum absolute atomic E-state index is 12.3. The molecule has 2 aromatic heterocycles. The summed E-state index contributed by atoms with van der Waals surface area (Å²) in [4.78, 5) is 23.6. The Bertz CT molecular complexity index is 1400. The molecule has 0 aliphatic carbocycles. The summed E-state index contributed by atoms with van der Waals surface area (Å²) in [6.45, 7) is 8.98. The van der Waals surface area contributed by atoms with E-state index in [1.54, 1.807) is 0 Å². The Hall–Kier alpha value is -4.20. The van der Waals surface area contributed by atoms with Gasteiger partial charge in [-0.2, -0.15) is 5.10 Å². The average molecular weight is 483 g/mol. The summed E-state index contributed by atoms with van der Waals surface area (Å²) >= 11 is 0. The van der Waals surface area contributed by atoms with Gasteiger partial charge in [-0.3, -0.25) is 4.79 Å². The lowest BCUT2D eigenvalue weighted by atomic mass is 10.1. The Morgan fingerprint density at radius 3 is 2.53 bits per heavy atom. The van der Waals surface area contributed by atoms with Gasteiger partial charge in [0.2, 0.25) is 5.91 Å². The number of aromatic nitrogens is 4. The third-order valence-corrected chi connectivity index (χ3v) is 6.45. The van der Waals surface area contributed by atoms with Crippen molar-refractivity contribution in [2.75, 3.05) is 18.8 Å². The molecule has 1 aliphatic rings. The van der Waals surface area contributed by atoms with Gasteiger partial charge in [0.15, 0.2) is 5.65 Å². The minimum absolute atomic E-state index is 0.0195. The number of rotatable bonds is 6. The maximum atomic E-state index is 12.3. The molecule has 0 saturated carbocycles. The monoisotopic (exact) mass is 482 g/mol. The zero-order valence-corrected chi connectivity index (χ0v) is 20.6. The topological polar surface area (TPSA) is 99.2 Å². The van der Waals surface area contributed by atoms with E-state index in [1.807, 2.05) is 78.0 Å². The van der Waals surface area contributed by atoms with E-state index in [2.05, 4.69) is 11.6 Å². The van der Waals surface area contributed by atoms with E-state index in [0.29, 0.717) is 30.4 Å². The van der Waals surface area contributed by atoms with Crippen LogP contribution in [0.1, 0.15) is 44.5 Å². The summed E-state index contributed by atoms with van der Waals surface area (Å²) in [7, 11) is 0. The molecule has 36 heavy (non-hydrogen) atoms. The van der Waals surface area contributed by atoms with Crippen molar-refractivity contribution in [1.29, 1.82) is 0 Å². The molecule has 8 heteroatoms. The second-order valence-corrected chi connectivity index (χ2v) is 9.34. The number of ether oxygens (including phenoxy) is 1. The van der Waals surface area contributed by atoms with Gasteiger partial charge in [0.25, 0.3) is 0 Å². The number of carbonyl (C=O) groups is 1. The largest absolute Gasteiger partial charge is 0.457 e. The van der Waals surface area contributed by atoms with Gasteiger partial charge in [-0.25, -0.2) is 14.6 Å². The summed E-state index contributed by atoms with van der Waals surface area (Å²) in [6, 6.07) is 17.4. The number of fused-ring (bicyclic) bond motifs is 1. The number of nitrogens with zero attached hydrogens (tertiary/aromatic N) is 5. The number of anilines is 1. The molecule has 1 saturated heterocycles. The van der Waals surface area contributed by atoms with Gasteiger partial charge in [-0.05, 0) is 55.3 Å². The van der Waals surface area contributed by atoms with Crippen molar-refractivity contribution >= 4 is 22.8 Å². The van der Waals surface area contributed by atoms with Crippen molar-refractivity contribution in [2.45, 2.75) is 38.6 Å². The Morgan fingerprint density at radius 1 is 1.11 bits per heavy atom. The Balaban J connectivity index is 1.56. The smallest absolute Gasteiger partial charge is 0.246 e. The van der Waals surface area contributed by atoms with E-state index in [4.69, 9.17) is 20.6 Å². The van der Waals surface area contributed by atoms with Gasteiger partial charge < -0.3 is 15.4 Å². The standard InChI is InChI=1S/C28H30N6O2/c1-4-23(35)33-16-8-9-20(17-33)34-28-24(26(29)30-27(31-28)18(2)3)25(32-34)19-12-14-22(15-13-19)36-21-10-6-5-7-11-21/h4-7,10-15,18,20H,1,8-9,16-17H2,2-3H3,(H2,29,30,31)/t20-/m1/s1. The van der Waals surface area contributed by atoms with Crippen molar-refractivity contribution in [3.63, 3.8) is 0 Å². The van der Waals surface area contributed by atoms with Gasteiger partial charge in [0.1, 0.15) is 28.8 Å². The number of para-hydroxylation sites is 1. The van der Waals surface area contributed by atoms with Gasteiger partial charge in [0, 0.05) is 24.6 Å². The first kappa shape index (κ1) is 23.5. The summed E-state index contributed by atoms with van der Waals surface area (Å²) < 4.78 is 7.88. The van der Waals surface area contributed by atoms with Crippen LogP contribution < -0.4 is 10.5 Å². The maximum Gasteiger partial charge on any atom is 0.246 e. The summed E-state index contributed by atoms with van der Waals surface area (Å²) in [5.41, 5.74) is 8.81. The zero-order chi connectivity index (χ0) is 25.2. The highest BCUT2D eigenvalue weighted by Gasteiger charge is 2.28. The first-order valence-electron chi connectivity index (χ1n) is 12.2. The van der Waals surface area contributed by atoms with E-state index < -0.39 is 0 Å². The van der Waals surface area contributed by atoms with Crippen molar-refractivity contribution in [2.24, 2.45) is 0 Å². The lowest BCUT2D eigenvalue weighted by Gasteiger charge is -2.32. The van der Waals surface area contributed by atoms with E-state index in [-0.39, 0.29) is 17.9 Å². The van der Waals surface area contributed by atoms with Crippen LogP contribution in [0.5, 0.6) is 11.5 Å². The van der Waals surface area contributed by atoms with Gasteiger partial charge in [0.05, 0.1) is 11.4 Å². The lowest BCUT2D eigenvalue weighted by molar-refractivity contribution is -0.127. The summed E-state index contributed by atoms with van der Waals surface area (Å²) in [6.07, 6.45) is 3.14. The first-order chi connectivity index (χ1) is 17.4. The molecule has 0 spiro atoms. The number of hydrogen-bond donors (Lipinski definition) is 1. The number of amides is 1. The molecular weight excluding hydrogens is 452 g/mol. The van der Waals surface area contributed by atoms with Crippen molar-refractivity contribution in [3.8, 4) is 22.8 Å². The highest BCUT2D eigenvalue weighted by molar-refractivity contribution is 5.98. The van der Waals surface area contributed by atoms with Crippen molar-refractivity contribution in [1.82, 2.24) is 24.6 Å². The quantitative estimate of drug-likeness (QED) is 0.372. The van der Waals surface area contributed by atoms with Crippen LogP contribution in [-0.2, 0) is 4.79 Å². The van der Waals surface area contributed by atoms with Crippen LogP contribution in [0.25, 0.3) is 22.3 Å². The van der Waals surface area contributed by atoms with E-state index in [0.717, 1.165) is 41.0 Å². The third kappa shape index (κ3) is 4.54. The molecule has 1 aliphatic heterocycles. The fraction of sp³-hybridized carbons (Fsp3) is 0.286. The number of hydrogen-bond acceptors (Lipinski definition) is 6. The van der Waals surface area contributed by atoms with E-state index >= 15 is 0 Å². The van der Waals surface area contributed by atoms with Crippen LogP contribution in [0.2, 0.25) is 0 Å². The molecular formula is C28H30N6O2. The number of carbonyl (C=O) groups excluding carboxylic acids is 1. The van der Waals surface area contributed by atoms with Crippen LogP contribution in [0.3, 0.4) is 0 Å². The number of likely N-dealkylation sites (tertiary alicyclic amines) is 1. The number of nitrogen functional groups attached to an aromatic ring is 1. The summed E-state index contributed by atoms with van der Waals surface area (Å²) in [5.74, 6) is 2.63. The van der Waals surface area contributed by atoms with Crippen molar-refractivity contribution < 1.29 is 9.53 Å². The molecule has 1 fully saturated rings. The summed E-state index contributed by atoms with van der Waals surface area (Å²) in [5, 5.41) is 5.73. The second-order valence-electron chi connectivity index (χ2n) is 9.34. The lowest BCUT2D eigenvalue weighted by Crippen LogP contribution is -2.40. The van der Waals surface area contributed by atoms with Crippen LogP contribution in [0.15, 0.2) is 67.3 Å². The van der Waals surface area contributed by atoms with Gasteiger partial charge >= 0.3 is 0 Å².